The summed E-state index contributed by atoms with van der Waals surface area (Å²) in [5.41, 5.74) is 2.09. The van der Waals surface area contributed by atoms with Crippen molar-refractivity contribution in [3.63, 3.8) is 0 Å². The normalized spacial score (nSPS) is 13.8. The van der Waals surface area contributed by atoms with E-state index in [1.165, 1.54) is 0 Å². The van der Waals surface area contributed by atoms with Crippen molar-refractivity contribution in [2.45, 2.75) is 32.4 Å². The zero-order chi connectivity index (χ0) is 20.6. The van der Waals surface area contributed by atoms with Crippen LogP contribution in [-0.2, 0) is 17.9 Å². The van der Waals surface area contributed by atoms with Gasteiger partial charge in [-0.3, -0.25) is 4.79 Å². The van der Waals surface area contributed by atoms with Crippen LogP contribution in [0.5, 0.6) is 11.5 Å². The molecule has 156 valence electrons. The molecule has 0 unspecified atom stereocenters. The lowest BCUT2D eigenvalue weighted by atomic mass is 10.2. The third kappa shape index (κ3) is 6.36. The number of halogens is 2. The minimum absolute atomic E-state index is 0.283. The standard InChI is InChI=1S/C22H26BrClN2O3/c1-28-20-12-17(14-25-8-4-10-26-9-3-7-22(26)27)19(23)13-21(20)29-15-16-5-2-6-18(24)11-16/h2,5-6,11-13,25H,3-4,7-10,14-15H2,1H3. The van der Waals surface area contributed by atoms with E-state index in [0.717, 1.165) is 48.1 Å². The summed E-state index contributed by atoms with van der Waals surface area (Å²) in [4.78, 5) is 13.6. The maximum absolute atomic E-state index is 11.6. The summed E-state index contributed by atoms with van der Waals surface area (Å²) < 4.78 is 12.4. The maximum Gasteiger partial charge on any atom is 0.222 e. The highest BCUT2D eigenvalue weighted by atomic mass is 79.9. The quantitative estimate of drug-likeness (QED) is 0.496. The van der Waals surface area contributed by atoms with Crippen molar-refractivity contribution in [2.24, 2.45) is 0 Å². The molecule has 2 aromatic carbocycles. The van der Waals surface area contributed by atoms with E-state index < -0.39 is 0 Å². The molecule has 7 heteroatoms. The molecular formula is C22H26BrClN2O3. The van der Waals surface area contributed by atoms with Crippen LogP contribution >= 0.6 is 27.5 Å². The molecular weight excluding hydrogens is 456 g/mol. The van der Waals surface area contributed by atoms with Gasteiger partial charge in [-0.2, -0.15) is 0 Å². The number of nitrogens with one attached hydrogen (secondary N) is 1. The van der Waals surface area contributed by atoms with Gasteiger partial charge in [0.25, 0.3) is 0 Å². The Morgan fingerprint density at radius 2 is 2.10 bits per heavy atom. The van der Waals surface area contributed by atoms with Gasteiger partial charge >= 0.3 is 0 Å². The zero-order valence-electron chi connectivity index (χ0n) is 16.5. The molecule has 0 aromatic heterocycles. The van der Waals surface area contributed by atoms with Gasteiger partial charge < -0.3 is 19.7 Å². The molecule has 3 rings (SSSR count). The Labute approximate surface area is 185 Å². The second-order valence-electron chi connectivity index (χ2n) is 7.03. The van der Waals surface area contributed by atoms with E-state index >= 15 is 0 Å². The summed E-state index contributed by atoms with van der Waals surface area (Å²) in [6.07, 6.45) is 2.64. The summed E-state index contributed by atoms with van der Waals surface area (Å²) >= 11 is 9.66. The summed E-state index contributed by atoms with van der Waals surface area (Å²) in [6, 6.07) is 11.5. The average molecular weight is 482 g/mol. The van der Waals surface area contributed by atoms with E-state index in [-0.39, 0.29) is 5.91 Å². The molecule has 1 saturated heterocycles. The number of hydrogen-bond donors (Lipinski definition) is 1. The Morgan fingerprint density at radius 1 is 1.24 bits per heavy atom. The highest BCUT2D eigenvalue weighted by molar-refractivity contribution is 9.10. The first-order chi connectivity index (χ1) is 14.1. The molecule has 0 atom stereocenters. The molecule has 5 nitrogen and oxygen atoms in total. The molecule has 1 heterocycles. The van der Waals surface area contributed by atoms with Gasteiger partial charge in [-0.05, 0) is 54.8 Å². The number of amides is 1. The molecule has 1 N–H and O–H groups in total. The van der Waals surface area contributed by atoms with Crippen molar-refractivity contribution in [3.8, 4) is 11.5 Å². The molecule has 29 heavy (non-hydrogen) atoms. The lowest BCUT2D eigenvalue weighted by Gasteiger charge is -2.16. The Balaban J connectivity index is 1.51. The van der Waals surface area contributed by atoms with Gasteiger partial charge in [0.05, 0.1) is 7.11 Å². The number of methoxy groups -OCH3 is 1. The van der Waals surface area contributed by atoms with E-state index in [2.05, 4.69) is 21.2 Å². The Kier molecular flexibility index (Phi) is 8.21. The van der Waals surface area contributed by atoms with Gasteiger partial charge in [0.1, 0.15) is 6.61 Å². The molecule has 0 saturated carbocycles. The van der Waals surface area contributed by atoms with Crippen molar-refractivity contribution in [1.82, 2.24) is 10.2 Å². The van der Waals surface area contributed by atoms with Gasteiger partial charge in [-0.15, -0.1) is 0 Å². The van der Waals surface area contributed by atoms with Crippen molar-refractivity contribution in [3.05, 3.63) is 57.0 Å². The van der Waals surface area contributed by atoms with Crippen molar-refractivity contribution < 1.29 is 14.3 Å². The van der Waals surface area contributed by atoms with Crippen LogP contribution < -0.4 is 14.8 Å². The monoisotopic (exact) mass is 480 g/mol. The Bertz CT molecular complexity index is 847. The fourth-order valence-corrected chi connectivity index (χ4v) is 4.01. The van der Waals surface area contributed by atoms with E-state index in [4.69, 9.17) is 21.1 Å². The highest BCUT2D eigenvalue weighted by Gasteiger charge is 2.19. The second kappa shape index (κ2) is 10.9. The molecule has 1 aliphatic heterocycles. The first kappa shape index (κ1) is 21.9. The summed E-state index contributed by atoms with van der Waals surface area (Å²) in [5, 5.41) is 4.13. The number of benzene rings is 2. The molecule has 0 aliphatic carbocycles. The van der Waals surface area contributed by atoms with E-state index in [1.54, 1.807) is 7.11 Å². The van der Waals surface area contributed by atoms with Crippen LogP contribution in [0.25, 0.3) is 0 Å². The fraction of sp³-hybridized carbons (Fsp3) is 0.409. The van der Waals surface area contributed by atoms with Crippen molar-refractivity contribution in [2.75, 3.05) is 26.7 Å². The SMILES string of the molecule is COc1cc(CNCCCN2CCCC2=O)c(Br)cc1OCc1cccc(Cl)c1. The van der Waals surface area contributed by atoms with Gasteiger partial charge in [-0.25, -0.2) is 0 Å². The largest absolute Gasteiger partial charge is 0.493 e. The molecule has 0 bridgehead atoms. The van der Waals surface area contributed by atoms with Crippen molar-refractivity contribution >= 4 is 33.4 Å². The topological polar surface area (TPSA) is 50.8 Å². The maximum atomic E-state index is 11.6. The number of nitrogens with zero attached hydrogens (tertiary/aromatic N) is 1. The molecule has 0 spiro atoms. The highest BCUT2D eigenvalue weighted by Crippen LogP contribution is 2.34. The molecule has 0 radical (unpaired) electrons. The number of likely N-dealkylation sites (tertiary alicyclic amines) is 1. The summed E-state index contributed by atoms with van der Waals surface area (Å²) in [5.74, 6) is 1.65. The molecule has 1 aliphatic rings. The number of ether oxygens (including phenoxy) is 2. The second-order valence-corrected chi connectivity index (χ2v) is 8.32. The Hall–Kier alpha value is -1.76. The predicted molar refractivity (Wildman–Crippen MR) is 119 cm³/mol. The van der Waals surface area contributed by atoms with Gasteiger partial charge in [0, 0.05) is 35.6 Å². The minimum atomic E-state index is 0.283. The minimum Gasteiger partial charge on any atom is -0.493 e. The lowest BCUT2D eigenvalue weighted by Crippen LogP contribution is -2.28. The smallest absolute Gasteiger partial charge is 0.222 e. The van der Waals surface area contributed by atoms with E-state index in [1.807, 2.05) is 41.3 Å². The summed E-state index contributed by atoms with van der Waals surface area (Å²) in [6.45, 7) is 3.70. The van der Waals surface area contributed by atoms with Crippen LogP contribution in [0.2, 0.25) is 5.02 Å². The number of hydrogen-bond acceptors (Lipinski definition) is 4. The van der Waals surface area contributed by atoms with Gasteiger partial charge in [-0.1, -0.05) is 39.7 Å². The van der Waals surface area contributed by atoms with E-state index in [0.29, 0.717) is 36.1 Å². The predicted octanol–water partition coefficient (Wildman–Crippen LogP) is 4.79. The third-order valence-electron chi connectivity index (χ3n) is 4.88. The Morgan fingerprint density at radius 3 is 2.83 bits per heavy atom. The first-order valence-corrected chi connectivity index (χ1v) is 11.0. The van der Waals surface area contributed by atoms with Crippen LogP contribution in [0.15, 0.2) is 40.9 Å². The van der Waals surface area contributed by atoms with Gasteiger partial charge in [0.2, 0.25) is 5.91 Å². The number of rotatable bonds is 10. The summed E-state index contributed by atoms with van der Waals surface area (Å²) in [7, 11) is 1.64. The number of carbonyl (C=O) groups is 1. The number of carbonyl (C=O) groups excluding carboxylic acids is 1. The molecule has 2 aromatic rings. The van der Waals surface area contributed by atoms with Crippen LogP contribution in [0, 0.1) is 0 Å². The van der Waals surface area contributed by atoms with Crippen LogP contribution in [0.1, 0.15) is 30.4 Å². The van der Waals surface area contributed by atoms with Crippen LogP contribution in [0.3, 0.4) is 0 Å². The first-order valence-electron chi connectivity index (χ1n) is 9.79. The van der Waals surface area contributed by atoms with Gasteiger partial charge in [0.15, 0.2) is 11.5 Å². The lowest BCUT2D eigenvalue weighted by molar-refractivity contribution is -0.127. The average Bonchev–Trinajstić information content (AvgIpc) is 3.12. The molecule has 1 amide bonds. The van der Waals surface area contributed by atoms with Crippen LogP contribution in [0.4, 0.5) is 0 Å². The third-order valence-corrected chi connectivity index (χ3v) is 5.86. The van der Waals surface area contributed by atoms with Crippen LogP contribution in [-0.4, -0.2) is 37.6 Å². The zero-order valence-corrected chi connectivity index (χ0v) is 18.9. The van der Waals surface area contributed by atoms with E-state index in [9.17, 15) is 4.79 Å². The molecule has 1 fully saturated rings. The van der Waals surface area contributed by atoms with Crippen molar-refractivity contribution in [1.29, 1.82) is 0 Å². The fourth-order valence-electron chi connectivity index (χ4n) is 3.33.